The second kappa shape index (κ2) is 1.60. The van der Waals surface area contributed by atoms with Gasteiger partial charge in [-0.05, 0) is 23.7 Å². The molecular weight excluding hydrogens is 164 g/mol. The van der Waals surface area contributed by atoms with Gasteiger partial charge in [-0.1, -0.05) is 6.92 Å². The van der Waals surface area contributed by atoms with Gasteiger partial charge in [0.05, 0.1) is 13.2 Å². The van der Waals surface area contributed by atoms with Crippen LogP contribution in [-0.4, -0.2) is 19.0 Å². The number of hydrogen-bond donors (Lipinski definition) is 0. The molecule has 2 nitrogen and oxygen atoms in total. The molecule has 1 heterocycles. The number of carbonyl (C=O) groups is 1. The van der Waals surface area contributed by atoms with Crippen LogP contribution >= 0.6 is 0 Å². The van der Waals surface area contributed by atoms with Gasteiger partial charge in [-0.3, -0.25) is 4.79 Å². The third-order valence-corrected chi connectivity index (χ3v) is 5.61. The first-order valence-corrected chi connectivity index (χ1v) is 5.31. The van der Waals surface area contributed by atoms with Crippen molar-refractivity contribution in [2.24, 2.45) is 28.6 Å². The van der Waals surface area contributed by atoms with Crippen LogP contribution in [0.4, 0.5) is 0 Å². The van der Waals surface area contributed by atoms with Crippen LogP contribution in [0.25, 0.3) is 0 Å². The largest absolute Gasteiger partial charge is 0.381 e. The van der Waals surface area contributed by atoms with E-state index in [1.54, 1.807) is 0 Å². The lowest BCUT2D eigenvalue weighted by Gasteiger charge is -2.14. The number of hydrogen-bond acceptors (Lipinski definition) is 2. The van der Waals surface area contributed by atoms with E-state index in [0.29, 0.717) is 28.4 Å². The van der Waals surface area contributed by atoms with Crippen molar-refractivity contribution in [2.45, 2.75) is 19.8 Å². The number of ether oxygens (including phenoxy) is 1. The van der Waals surface area contributed by atoms with Gasteiger partial charge >= 0.3 is 0 Å². The maximum absolute atomic E-state index is 11.8. The molecule has 4 rings (SSSR count). The Bertz CT molecular complexity index is 324. The minimum absolute atomic E-state index is 0.326. The molecule has 1 spiro atoms. The zero-order valence-electron chi connectivity index (χ0n) is 7.88. The summed E-state index contributed by atoms with van der Waals surface area (Å²) in [6, 6.07) is 0. The molecule has 2 heteroatoms. The Kier molecular flexibility index (Phi) is 0.862. The van der Waals surface area contributed by atoms with E-state index in [2.05, 4.69) is 6.92 Å². The Morgan fingerprint density at radius 1 is 1.46 bits per heavy atom. The molecule has 0 bridgehead atoms. The Morgan fingerprint density at radius 2 is 2.31 bits per heavy atom. The molecular formula is C11H14O2. The van der Waals surface area contributed by atoms with Crippen LogP contribution in [0.3, 0.4) is 0 Å². The van der Waals surface area contributed by atoms with Gasteiger partial charge in [0.2, 0.25) is 0 Å². The maximum atomic E-state index is 11.8. The van der Waals surface area contributed by atoms with Gasteiger partial charge in [-0.2, -0.15) is 0 Å². The molecule has 0 aromatic heterocycles. The van der Waals surface area contributed by atoms with Crippen molar-refractivity contribution in [2.75, 3.05) is 13.2 Å². The zero-order valence-corrected chi connectivity index (χ0v) is 7.88. The van der Waals surface area contributed by atoms with Crippen LogP contribution in [0.1, 0.15) is 19.8 Å². The molecule has 3 saturated carbocycles. The van der Waals surface area contributed by atoms with Crippen LogP contribution < -0.4 is 0 Å². The molecule has 1 saturated heterocycles. The summed E-state index contributed by atoms with van der Waals surface area (Å²) in [5.74, 6) is 2.37. The zero-order chi connectivity index (χ0) is 8.84. The fourth-order valence-corrected chi connectivity index (χ4v) is 5.06. The summed E-state index contributed by atoms with van der Waals surface area (Å²) in [5.41, 5.74) is 0.693. The van der Waals surface area contributed by atoms with Crippen molar-refractivity contribution in [1.29, 1.82) is 0 Å². The van der Waals surface area contributed by atoms with Gasteiger partial charge in [0, 0.05) is 17.8 Å². The van der Waals surface area contributed by atoms with E-state index < -0.39 is 0 Å². The summed E-state index contributed by atoms with van der Waals surface area (Å²) in [6.45, 7) is 4.14. The Balaban J connectivity index is 1.92. The van der Waals surface area contributed by atoms with Gasteiger partial charge in [-0.15, -0.1) is 0 Å². The highest BCUT2D eigenvalue weighted by Gasteiger charge is 2.88. The number of ketones is 1. The molecule has 0 N–H and O–H groups in total. The molecule has 4 fully saturated rings. The molecule has 70 valence electrons. The molecule has 0 radical (unpaired) electrons. The second-order valence-electron chi connectivity index (χ2n) is 5.57. The topological polar surface area (TPSA) is 26.3 Å². The molecule has 3 aliphatic carbocycles. The van der Waals surface area contributed by atoms with Crippen LogP contribution in [0, 0.1) is 28.6 Å². The van der Waals surface area contributed by atoms with Crippen LogP contribution in [0.15, 0.2) is 0 Å². The quantitative estimate of drug-likeness (QED) is 0.558. The fourth-order valence-electron chi connectivity index (χ4n) is 5.06. The first-order valence-electron chi connectivity index (χ1n) is 5.31. The minimum atomic E-state index is 0.326. The molecule has 13 heavy (non-hydrogen) atoms. The summed E-state index contributed by atoms with van der Waals surface area (Å²) < 4.78 is 5.57. The predicted molar refractivity (Wildman–Crippen MR) is 46.1 cm³/mol. The third-order valence-electron chi connectivity index (χ3n) is 5.61. The van der Waals surface area contributed by atoms with Crippen LogP contribution in [-0.2, 0) is 9.53 Å². The van der Waals surface area contributed by atoms with E-state index in [1.807, 2.05) is 0 Å². The number of Topliss-reactive ketones (excluding diaryl/α,β-unsaturated/α-hetero) is 1. The normalized spacial score (nSPS) is 66.8. The number of rotatable bonds is 0. The van der Waals surface area contributed by atoms with Gasteiger partial charge in [0.25, 0.3) is 0 Å². The molecule has 1 aliphatic heterocycles. The van der Waals surface area contributed by atoms with Gasteiger partial charge < -0.3 is 4.74 Å². The fraction of sp³-hybridized carbons (Fsp3) is 0.909. The van der Waals surface area contributed by atoms with E-state index in [9.17, 15) is 4.79 Å². The molecule has 0 amide bonds. The van der Waals surface area contributed by atoms with Crippen molar-refractivity contribution < 1.29 is 9.53 Å². The highest BCUT2D eigenvalue weighted by molar-refractivity contribution is 5.91. The third kappa shape index (κ3) is 0.438. The number of carbonyl (C=O) groups excluding carboxylic acids is 1. The molecule has 4 aliphatic rings. The van der Waals surface area contributed by atoms with E-state index >= 15 is 0 Å². The van der Waals surface area contributed by atoms with Crippen molar-refractivity contribution in [3.63, 3.8) is 0 Å². The van der Waals surface area contributed by atoms with Crippen LogP contribution in [0.2, 0.25) is 0 Å². The highest BCUT2D eigenvalue weighted by Crippen LogP contribution is 2.87. The van der Waals surface area contributed by atoms with Crippen molar-refractivity contribution in [3.05, 3.63) is 0 Å². The first-order chi connectivity index (χ1) is 6.21. The lowest BCUT2D eigenvalue weighted by molar-refractivity contribution is -0.120. The minimum Gasteiger partial charge on any atom is -0.381 e. The van der Waals surface area contributed by atoms with Crippen molar-refractivity contribution >= 4 is 5.78 Å². The van der Waals surface area contributed by atoms with Crippen LogP contribution in [0.5, 0.6) is 0 Å². The van der Waals surface area contributed by atoms with Gasteiger partial charge in [0.15, 0.2) is 0 Å². The summed E-state index contributed by atoms with van der Waals surface area (Å²) in [6.07, 6.45) is 2.14. The van der Waals surface area contributed by atoms with Crippen molar-refractivity contribution in [1.82, 2.24) is 0 Å². The first kappa shape index (κ1) is 6.99. The van der Waals surface area contributed by atoms with E-state index in [0.717, 1.165) is 25.6 Å². The molecule has 0 aromatic rings. The summed E-state index contributed by atoms with van der Waals surface area (Å²) in [7, 11) is 0. The monoisotopic (exact) mass is 178 g/mol. The Labute approximate surface area is 77.6 Å². The standard InChI is InChI=1S/C11H14O2/c1-10-6-2-7-4-13-5-11(7,10)9(10)8(12)3-6/h6-7,9H,2-5H2,1H3/t6-,7-,9-,10-,11-/m1/s1. The smallest absolute Gasteiger partial charge is 0.137 e. The summed E-state index contributed by atoms with van der Waals surface area (Å²) >= 11 is 0. The maximum Gasteiger partial charge on any atom is 0.137 e. The summed E-state index contributed by atoms with van der Waals surface area (Å²) in [4.78, 5) is 11.8. The average Bonchev–Trinajstić information content (AvgIpc) is 2.36. The molecule has 5 atom stereocenters. The predicted octanol–water partition coefficient (Wildman–Crippen LogP) is 1.25. The molecule has 0 unspecified atom stereocenters. The van der Waals surface area contributed by atoms with E-state index in [-0.39, 0.29) is 0 Å². The Hall–Kier alpha value is -0.370. The van der Waals surface area contributed by atoms with E-state index in [4.69, 9.17) is 4.74 Å². The van der Waals surface area contributed by atoms with Gasteiger partial charge in [-0.25, -0.2) is 0 Å². The van der Waals surface area contributed by atoms with E-state index in [1.165, 1.54) is 6.42 Å². The Morgan fingerprint density at radius 3 is 3.08 bits per heavy atom. The van der Waals surface area contributed by atoms with Gasteiger partial charge in [0.1, 0.15) is 5.78 Å². The average molecular weight is 178 g/mol. The molecule has 0 aromatic carbocycles. The highest BCUT2D eigenvalue weighted by atomic mass is 16.5. The lowest BCUT2D eigenvalue weighted by atomic mass is 9.88. The second-order valence-corrected chi connectivity index (χ2v) is 5.57. The summed E-state index contributed by atoms with van der Waals surface area (Å²) in [5, 5.41) is 0. The van der Waals surface area contributed by atoms with Crippen molar-refractivity contribution in [3.8, 4) is 0 Å². The SMILES string of the molecule is C[C@@]12[C@H]3CC(=O)[C@H]1[C@]21COC[C@H]1C3. The lowest BCUT2D eigenvalue weighted by Crippen LogP contribution is -2.18.